The Morgan fingerprint density at radius 1 is 0.917 bits per heavy atom. The minimum absolute atomic E-state index is 0.00934. The van der Waals surface area contributed by atoms with E-state index in [1.807, 2.05) is 88.4 Å². The first-order chi connectivity index (χ1) is 17.0. The first-order valence-electron chi connectivity index (χ1n) is 11.5. The van der Waals surface area contributed by atoms with Crippen LogP contribution in [0.15, 0.2) is 77.7 Å². The monoisotopic (exact) mass is 542 g/mol. The fourth-order valence-corrected chi connectivity index (χ4v) is 6.58. The number of hydrogen-bond donors (Lipinski definition) is 0. The quantitative estimate of drug-likeness (QED) is 0.243. The molecule has 1 aromatic heterocycles. The van der Waals surface area contributed by atoms with E-state index in [2.05, 4.69) is 4.98 Å². The van der Waals surface area contributed by atoms with Gasteiger partial charge in [0.2, 0.25) is 10.0 Å². The van der Waals surface area contributed by atoms with Gasteiger partial charge in [-0.25, -0.2) is 13.4 Å². The molecule has 0 saturated carbocycles. The van der Waals surface area contributed by atoms with Crippen molar-refractivity contribution < 1.29 is 13.2 Å². The van der Waals surface area contributed by atoms with E-state index in [0.29, 0.717) is 16.3 Å². The predicted molar refractivity (Wildman–Crippen MR) is 146 cm³/mol. The summed E-state index contributed by atoms with van der Waals surface area (Å²) < 4.78 is 35.3. The standard InChI is InChI=1S/C28H28Cl2N2O3S/c1-19-13-14-21-11-8-12-24(27(21)31-19)35-18-22-23(29)15-16-25(26(22)30)36(33,34)32(28(2,3)4)17-20-9-6-5-7-10-20/h5-16H,17-18H2,1-4H3. The van der Waals surface area contributed by atoms with E-state index in [9.17, 15) is 8.42 Å². The Balaban J connectivity index is 1.70. The Hall–Kier alpha value is -2.64. The van der Waals surface area contributed by atoms with Crippen molar-refractivity contribution in [2.24, 2.45) is 0 Å². The number of rotatable bonds is 7. The number of fused-ring (bicyclic) bond motifs is 1. The van der Waals surface area contributed by atoms with E-state index >= 15 is 0 Å². The normalized spacial score (nSPS) is 12.3. The highest BCUT2D eigenvalue weighted by Gasteiger charge is 2.36. The first kappa shape index (κ1) is 26.4. The lowest BCUT2D eigenvalue weighted by atomic mass is 10.1. The second-order valence-corrected chi connectivity index (χ2v) is 12.2. The molecule has 0 saturated heterocycles. The van der Waals surface area contributed by atoms with Crippen molar-refractivity contribution in [2.45, 2.75) is 51.3 Å². The topological polar surface area (TPSA) is 59.5 Å². The molecule has 0 unspecified atom stereocenters. The molecule has 0 atom stereocenters. The van der Waals surface area contributed by atoms with Gasteiger partial charge in [-0.15, -0.1) is 0 Å². The highest BCUT2D eigenvalue weighted by molar-refractivity contribution is 7.89. The van der Waals surface area contributed by atoms with Gasteiger partial charge in [0, 0.05) is 33.7 Å². The van der Waals surface area contributed by atoms with Crippen LogP contribution in [0.1, 0.15) is 37.6 Å². The van der Waals surface area contributed by atoms with Gasteiger partial charge in [-0.3, -0.25) is 0 Å². The summed E-state index contributed by atoms with van der Waals surface area (Å²) in [5.74, 6) is 0.567. The summed E-state index contributed by atoms with van der Waals surface area (Å²) in [5.41, 5.74) is 2.17. The average molecular weight is 544 g/mol. The fourth-order valence-electron chi connectivity index (χ4n) is 3.94. The van der Waals surface area contributed by atoms with Gasteiger partial charge in [0.1, 0.15) is 22.8 Å². The molecule has 0 amide bonds. The molecule has 5 nitrogen and oxygen atoms in total. The van der Waals surface area contributed by atoms with Crippen LogP contribution in [0.5, 0.6) is 5.75 Å². The summed E-state index contributed by atoms with van der Waals surface area (Å²) in [4.78, 5) is 4.58. The van der Waals surface area contributed by atoms with E-state index in [1.54, 1.807) is 6.07 Å². The maximum absolute atomic E-state index is 13.9. The molecule has 188 valence electrons. The largest absolute Gasteiger partial charge is 0.487 e. The van der Waals surface area contributed by atoms with E-state index in [1.165, 1.54) is 10.4 Å². The lowest BCUT2D eigenvalue weighted by Crippen LogP contribution is -2.45. The molecule has 0 aliphatic heterocycles. The highest BCUT2D eigenvalue weighted by atomic mass is 35.5. The van der Waals surface area contributed by atoms with Gasteiger partial charge in [0.15, 0.2) is 0 Å². The van der Waals surface area contributed by atoms with Crippen LogP contribution in [-0.2, 0) is 23.2 Å². The van der Waals surface area contributed by atoms with Crippen LogP contribution in [0.25, 0.3) is 10.9 Å². The molecule has 0 radical (unpaired) electrons. The number of aromatic nitrogens is 1. The van der Waals surface area contributed by atoms with Crippen molar-refractivity contribution >= 4 is 44.1 Å². The number of pyridine rings is 1. The third kappa shape index (κ3) is 5.52. The minimum Gasteiger partial charge on any atom is -0.487 e. The number of para-hydroxylation sites is 1. The number of ether oxygens (including phenoxy) is 1. The number of nitrogens with zero attached hydrogens (tertiary/aromatic N) is 2. The summed E-state index contributed by atoms with van der Waals surface area (Å²) in [6.45, 7) is 7.68. The van der Waals surface area contributed by atoms with Gasteiger partial charge in [0.05, 0.1) is 5.02 Å². The van der Waals surface area contributed by atoms with Gasteiger partial charge >= 0.3 is 0 Å². The second-order valence-electron chi connectivity index (χ2n) is 9.58. The molecule has 0 bridgehead atoms. The molecule has 36 heavy (non-hydrogen) atoms. The van der Waals surface area contributed by atoms with E-state index in [-0.39, 0.29) is 23.1 Å². The Bertz CT molecular complexity index is 1500. The molecule has 0 spiro atoms. The van der Waals surface area contributed by atoms with E-state index < -0.39 is 15.6 Å². The van der Waals surface area contributed by atoms with Crippen LogP contribution in [0, 0.1) is 6.92 Å². The van der Waals surface area contributed by atoms with Crippen LogP contribution < -0.4 is 4.74 Å². The summed E-state index contributed by atoms with van der Waals surface area (Å²) in [6.07, 6.45) is 0. The lowest BCUT2D eigenvalue weighted by molar-refractivity contribution is 0.242. The van der Waals surface area contributed by atoms with Gasteiger partial charge < -0.3 is 4.74 Å². The van der Waals surface area contributed by atoms with Crippen LogP contribution in [-0.4, -0.2) is 23.2 Å². The molecule has 4 rings (SSSR count). The van der Waals surface area contributed by atoms with Crippen molar-refractivity contribution in [3.8, 4) is 5.75 Å². The number of aryl methyl sites for hydroxylation is 1. The van der Waals surface area contributed by atoms with E-state index in [0.717, 1.165) is 22.2 Å². The SMILES string of the molecule is Cc1ccc2cccc(OCc3c(Cl)ccc(S(=O)(=O)N(Cc4ccccc4)C(C)(C)C)c3Cl)c2n1. The van der Waals surface area contributed by atoms with E-state index in [4.69, 9.17) is 27.9 Å². The third-order valence-corrected chi connectivity index (χ3v) is 8.88. The Kier molecular flexibility index (Phi) is 7.62. The lowest BCUT2D eigenvalue weighted by Gasteiger charge is -2.35. The zero-order valence-corrected chi connectivity index (χ0v) is 23.0. The summed E-state index contributed by atoms with van der Waals surface area (Å²) in [7, 11) is -3.98. The fraction of sp³-hybridized carbons (Fsp3) is 0.250. The van der Waals surface area contributed by atoms with Gasteiger partial charge in [0.25, 0.3) is 0 Å². The number of hydrogen-bond acceptors (Lipinski definition) is 4. The summed E-state index contributed by atoms with van der Waals surface area (Å²) in [5, 5.41) is 1.32. The Labute approximate surface area is 222 Å². The zero-order chi connectivity index (χ0) is 26.1. The summed E-state index contributed by atoms with van der Waals surface area (Å²) in [6, 6.07) is 22.0. The van der Waals surface area contributed by atoms with Crippen LogP contribution in [0.4, 0.5) is 0 Å². The molecule has 3 aromatic carbocycles. The van der Waals surface area contributed by atoms with Crippen molar-refractivity contribution in [3.63, 3.8) is 0 Å². The first-order valence-corrected chi connectivity index (χ1v) is 13.7. The Morgan fingerprint density at radius 3 is 2.33 bits per heavy atom. The molecule has 8 heteroatoms. The predicted octanol–water partition coefficient (Wildman–Crippen LogP) is 7.42. The average Bonchev–Trinajstić information content (AvgIpc) is 2.82. The molecule has 0 aliphatic carbocycles. The van der Waals surface area contributed by atoms with Crippen LogP contribution >= 0.6 is 23.2 Å². The smallest absolute Gasteiger partial charge is 0.245 e. The van der Waals surface area contributed by atoms with Crippen molar-refractivity contribution in [1.29, 1.82) is 0 Å². The Morgan fingerprint density at radius 2 is 1.64 bits per heavy atom. The van der Waals surface area contributed by atoms with Crippen LogP contribution in [0.2, 0.25) is 10.0 Å². The maximum Gasteiger partial charge on any atom is 0.245 e. The van der Waals surface area contributed by atoms with Gasteiger partial charge in [-0.05, 0) is 57.5 Å². The molecule has 0 fully saturated rings. The third-order valence-electron chi connectivity index (χ3n) is 5.83. The number of halogens is 2. The minimum atomic E-state index is -3.98. The maximum atomic E-state index is 13.9. The zero-order valence-electron chi connectivity index (χ0n) is 20.6. The van der Waals surface area contributed by atoms with Crippen molar-refractivity contribution in [1.82, 2.24) is 9.29 Å². The molecule has 0 aliphatic rings. The highest BCUT2D eigenvalue weighted by Crippen LogP contribution is 2.36. The summed E-state index contributed by atoms with van der Waals surface area (Å²) >= 11 is 13.2. The van der Waals surface area contributed by atoms with Gasteiger partial charge in [-0.1, -0.05) is 71.7 Å². The molecule has 1 heterocycles. The number of sulfonamides is 1. The number of benzene rings is 3. The molecular formula is C28H28Cl2N2O3S. The van der Waals surface area contributed by atoms with Gasteiger partial charge in [-0.2, -0.15) is 4.31 Å². The molecule has 4 aromatic rings. The second kappa shape index (κ2) is 10.4. The molecular weight excluding hydrogens is 515 g/mol. The van der Waals surface area contributed by atoms with Crippen molar-refractivity contribution in [2.75, 3.05) is 0 Å². The van der Waals surface area contributed by atoms with Crippen molar-refractivity contribution in [3.05, 3.63) is 99.7 Å². The van der Waals surface area contributed by atoms with Crippen LogP contribution in [0.3, 0.4) is 0 Å². The molecule has 0 N–H and O–H groups in total.